The van der Waals surface area contributed by atoms with E-state index in [0.29, 0.717) is 0 Å². The molecule has 0 bridgehead atoms. The maximum absolute atomic E-state index is 3.66. The first-order chi connectivity index (χ1) is 3.00. The Morgan fingerprint density at radius 3 is 2.00 bits per heavy atom. The van der Waals surface area contributed by atoms with Crippen LogP contribution in [0.25, 0.3) is 0 Å². The summed E-state index contributed by atoms with van der Waals surface area (Å²) in [7, 11) is 0. The fourth-order valence-electron chi connectivity index (χ4n) is 0.277. The predicted molar refractivity (Wildman–Crippen MR) is 33.4 cm³/mol. The molecule has 0 aromatic carbocycles. The van der Waals surface area contributed by atoms with Gasteiger partial charge < -0.3 is 22.0 Å². The van der Waals surface area contributed by atoms with Gasteiger partial charge in [0.15, 0.2) is 0 Å². The minimum absolute atomic E-state index is 0. The Morgan fingerprint density at radius 1 is 1.22 bits per heavy atom. The third-order valence-electron chi connectivity index (χ3n) is 0.517. The minimum atomic E-state index is 0. The fraction of sp³-hybridized carbons (Fsp3) is 0. The van der Waals surface area contributed by atoms with Crippen LogP contribution < -0.4 is 17.0 Å². The smallest absolute Gasteiger partial charge is 1.00 e. The van der Waals surface area contributed by atoms with Crippen LogP contribution in [-0.2, 0) is 19.5 Å². The SMILES string of the molecule is Br.[Br-].[Zn+2].[c-]1ccccn1. The molecular formula is C5H5Br2NZn. The molecule has 0 unspecified atom stereocenters. The summed E-state index contributed by atoms with van der Waals surface area (Å²) in [6.45, 7) is 0. The molecule has 0 aliphatic carbocycles. The first kappa shape index (κ1) is 16.4. The van der Waals surface area contributed by atoms with E-state index in [0.717, 1.165) is 0 Å². The monoisotopic (exact) mass is 301 g/mol. The van der Waals surface area contributed by atoms with Crippen molar-refractivity contribution in [1.29, 1.82) is 0 Å². The van der Waals surface area contributed by atoms with Gasteiger partial charge in [0.1, 0.15) is 0 Å². The molecule has 46 valence electrons. The van der Waals surface area contributed by atoms with Crippen LogP contribution in [0.15, 0.2) is 24.4 Å². The van der Waals surface area contributed by atoms with Crippen LogP contribution in [-0.4, -0.2) is 4.98 Å². The molecule has 0 radical (unpaired) electrons. The standard InChI is InChI=1S/C5H4N.2BrH.Zn/c1-2-4-6-5-3-1;;;/h1-4H;2*1H;/q-1;;;+2/p-1. The Labute approximate surface area is 88.6 Å². The second kappa shape index (κ2) is 11.5. The molecule has 0 aliphatic rings. The van der Waals surface area contributed by atoms with Crippen molar-refractivity contribution in [2.24, 2.45) is 0 Å². The van der Waals surface area contributed by atoms with Gasteiger partial charge in [0.2, 0.25) is 0 Å². The van der Waals surface area contributed by atoms with E-state index in [-0.39, 0.29) is 53.4 Å². The maximum Gasteiger partial charge on any atom is 2.00 e. The maximum atomic E-state index is 3.66. The molecule has 0 aliphatic heterocycles. The largest absolute Gasteiger partial charge is 2.00 e. The average molecular weight is 304 g/mol. The molecule has 0 atom stereocenters. The summed E-state index contributed by atoms with van der Waals surface area (Å²) >= 11 is 0. The Kier molecular flexibility index (Phi) is 21.0. The van der Waals surface area contributed by atoms with Gasteiger partial charge >= 0.3 is 19.5 Å². The van der Waals surface area contributed by atoms with E-state index < -0.39 is 0 Å². The zero-order valence-electron chi connectivity index (χ0n) is 4.75. The normalized spacial score (nSPS) is 5.33. The van der Waals surface area contributed by atoms with Crippen LogP contribution in [0.4, 0.5) is 0 Å². The summed E-state index contributed by atoms with van der Waals surface area (Å²) in [5.74, 6) is 0. The molecular weight excluding hydrogens is 299 g/mol. The number of halogens is 2. The van der Waals surface area contributed by atoms with E-state index in [2.05, 4.69) is 11.2 Å². The van der Waals surface area contributed by atoms with Gasteiger partial charge in [-0.15, -0.1) is 17.0 Å². The average Bonchev–Trinajstić information content (AvgIpc) is 1.72. The van der Waals surface area contributed by atoms with E-state index in [1.807, 2.05) is 12.1 Å². The third-order valence-corrected chi connectivity index (χ3v) is 0.517. The van der Waals surface area contributed by atoms with Crippen LogP contribution in [0.3, 0.4) is 0 Å². The molecule has 0 spiro atoms. The van der Waals surface area contributed by atoms with Gasteiger partial charge in [0, 0.05) is 0 Å². The second-order valence-electron chi connectivity index (χ2n) is 0.959. The number of rotatable bonds is 0. The zero-order chi connectivity index (χ0) is 4.24. The Morgan fingerprint density at radius 2 is 1.89 bits per heavy atom. The zero-order valence-corrected chi connectivity index (χ0v) is 11.0. The van der Waals surface area contributed by atoms with Crippen molar-refractivity contribution in [2.45, 2.75) is 0 Å². The first-order valence-corrected chi connectivity index (χ1v) is 1.77. The Balaban J connectivity index is -0.000000120. The van der Waals surface area contributed by atoms with Crippen LogP contribution in [0.5, 0.6) is 0 Å². The molecule has 0 amide bonds. The predicted octanol–water partition coefficient (Wildman–Crippen LogP) is -1.54. The van der Waals surface area contributed by atoms with Crippen molar-refractivity contribution >= 4 is 17.0 Å². The molecule has 0 saturated heterocycles. The fourth-order valence-corrected chi connectivity index (χ4v) is 0.277. The van der Waals surface area contributed by atoms with E-state index in [9.17, 15) is 0 Å². The molecule has 1 nitrogen and oxygen atoms in total. The third kappa shape index (κ3) is 8.73. The minimum Gasteiger partial charge on any atom is -1.00 e. The molecule has 1 aromatic rings. The first-order valence-electron chi connectivity index (χ1n) is 1.77. The Hall–Kier alpha value is 0.733. The van der Waals surface area contributed by atoms with Gasteiger partial charge in [-0.3, -0.25) is 0 Å². The van der Waals surface area contributed by atoms with E-state index in [4.69, 9.17) is 0 Å². The van der Waals surface area contributed by atoms with Crippen molar-refractivity contribution in [3.05, 3.63) is 30.6 Å². The van der Waals surface area contributed by atoms with E-state index in [1.165, 1.54) is 0 Å². The summed E-state index contributed by atoms with van der Waals surface area (Å²) in [5.41, 5.74) is 0. The number of nitrogens with zero attached hydrogens (tertiary/aromatic N) is 1. The van der Waals surface area contributed by atoms with Crippen molar-refractivity contribution in [1.82, 2.24) is 4.98 Å². The molecule has 0 fully saturated rings. The summed E-state index contributed by atoms with van der Waals surface area (Å²) in [5, 5.41) is 0. The van der Waals surface area contributed by atoms with Gasteiger partial charge in [0.05, 0.1) is 0 Å². The molecule has 1 aromatic heterocycles. The van der Waals surface area contributed by atoms with Crippen LogP contribution in [0.2, 0.25) is 0 Å². The van der Waals surface area contributed by atoms with Crippen molar-refractivity contribution in [3.63, 3.8) is 0 Å². The quantitative estimate of drug-likeness (QED) is 0.418. The second-order valence-corrected chi connectivity index (χ2v) is 0.959. The molecule has 1 rings (SSSR count). The molecule has 4 heteroatoms. The number of pyridine rings is 1. The molecule has 9 heavy (non-hydrogen) atoms. The summed E-state index contributed by atoms with van der Waals surface area (Å²) < 4.78 is 0. The van der Waals surface area contributed by atoms with Crippen LogP contribution >= 0.6 is 17.0 Å². The topological polar surface area (TPSA) is 12.9 Å². The number of hydrogen-bond acceptors (Lipinski definition) is 1. The van der Waals surface area contributed by atoms with E-state index in [1.54, 1.807) is 12.3 Å². The number of aromatic nitrogens is 1. The summed E-state index contributed by atoms with van der Waals surface area (Å²) in [6, 6.07) is 5.50. The van der Waals surface area contributed by atoms with Gasteiger partial charge in [-0.2, -0.15) is 18.2 Å². The molecule has 0 saturated carbocycles. The van der Waals surface area contributed by atoms with Gasteiger partial charge in [-0.1, -0.05) is 12.4 Å². The van der Waals surface area contributed by atoms with Gasteiger partial charge in [-0.25, -0.2) is 0 Å². The summed E-state index contributed by atoms with van der Waals surface area (Å²) in [4.78, 5) is 3.66. The van der Waals surface area contributed by atoms with Crippen LogP contribution in [0.1, 0.15) is 0 Å². The van der Waals surface area contributed by atoms with E-state index >= 15 is 0 Å². The Bertz CT molecular complexity index is 86.9. The van der Waals surface area contributed by atoms with Gasteiger partial charge in [-0.05, 0) is 0 Å². The van der Waals surface area contributed by atoms with Crippen molar-refractivity contribution < 1.29 is 36.5 Å². The molecule has 1 heterocycles. The van der Waals surface area contributed by atoms with Gasteiger partial charge in [0.25, 0.3) is 0 Å². The number of hydrogen-bond donors (Lipinski definition) is 0. The van der Waals surface area contributed by atoms with Crippen molar-refractivity contribution in [3.8, 4) is 0 Å². The summed E-state index contributed by atoms with van der Waals surface area (Å²) in [6.07, 6.45) is 4.34. The molecule has 0 N–H and O–H groups in total. The van der Waals surface area contributed by atoms with Crippen molar-refractivity contribution in [2.75, 3.05) is 0 Å². The van der Waals surface area contributed by atoms with Crippen LogP contribution in [0, 0.1) is 6.20 Å².